The molecule has 7 heteroatoms. The van der Waals surface area contributed by atoms with E-state index in [0.29, 0.717) is 0 Å². The number of aliphatic hydroxyl groups is 1. The number of hydrogen-bond donors (Lipinski definition) is 4. The van der Waals surface area contributed by atoms with Gasteiger partial charge in [0.2, 0.25) is 0 Å². The molecule has 0 aliphatic heterocycles. The highest BCUT2D eigenvalue weighted by Gasteiger charge is 2.00. The van der Waals surface area contributed by atoms with E-state index in [9.17, 15) is 4.79 Å². The van der Waals surface area contributed by atoms with Gasteiger partial charge in [0.05, 0.1) is 12.5 Å². The van der Waals surface area contributed by atoms with Crippen LogP contribution < -0.4 is 0 Å². The lowest BCUT2D eigenvalue weighted by molar-refractivity contribution is -0.138. The van der Waals surface area contributed by atoms with Gasteiger partial charge < -0.3 is 10.2 Å². The number of aliphatic carboxylic acids is 1. The van der Waals surface area contributed by atoms with E-state index < -0.39 is 20.3 Å². The van der Waals surface area contributed by atoms with Crippen molar-refractivity contribution in [2.24, 2.45) is 0 Å². The molecule has 0 fully saturated rings. The summed E-state index contributed by atoms with van der Waals surface area (Å²) in [5, 5.41) is 16.3. The minimum Gasteiger partial charge on any atom is -0.481 e. The van der Waals surface area contributed by atoms with Crippen molar-refractivity contribution >= 4 is 14.2 Å². The van der Waals surface area contributed by atoms with Crippen molar-refractivity contribution in [2.75, 3.05) is 0 Å². The smallest absolute Gasteiger partial charge is 0.481 e. The minimum absolute atomic E-state index is 0.167. The largest absolute Gasteiger partial charge is 0.692 e. The molecule has 1 atom stereocenters. The molecule has 0 radical (unpaired) electrons. The van der Waals surface area contributed by atoms with Gasteiger partial charge in [-0.05, 0) is 6.92 Å². The van der Waals surface area contributed by atoms with Crippen LogP contribution in [0, 0.1) is 0 Å². The number of carbonyl (C=O) groups is 1. The van der Waals surface area contributed by atoms with Gasteiger partial charge in [-0.25, -0.2) is 0 Å². The van der Waals surface area contributed by atoms with Crippen LogP contribution >= 0.6 is 8.25 Å². The summed E-state index contributed by atoms with van der Waals surface area (Å²) in [6.45, 7) is 1.44. The lowest BCUT2D eigenvalue weighted by Gasteiger charge is -1.94. The Morgan fingerprint density at radius 1 is 1.55 bits per heavy atom. The average molecular weight is 185 g/mol. The van der Waals surface area contributed by atoms with Crippen LogP contribution in [0.2, 0.25) is 0 Å². The zero-order chi connectivity index (χ0) is 9.44. The first-order valence-electron chi connectivity index (χ1n) is 2.61. The Kier molecular flexibility index (Phi) is 8.98. The SMILES string of the molecule is CC(O)CC(=O)O.O=[P+](O)O. The van der Waals surface area contributed by atoms with Crippen LogP contribution in [-0.4, -0.2) is 32.1 Å². The van der Waals surface area contributed by atoms with Crippen LogP contribution in [0.4, 0.5) is 0 Å². The van der Waals surface area contributed by atoms with Crippen molar-refractivity contribution in [3.05, 3.63) is 0 Å². The molecule has 0 aliphatic carbocycles. The van der Waals surface area contributed by atoms with Gasteiger partial charge in [-0.3, -0.25) is 4.79 Å². The molecule has 0 aromatic rings. The molecular weight excluding hydrogens is 175 g/mol. The van der Waals surface area contributed by atoms with E-state index >= 15 is 0 Å². The van der Waals surface area contributed by atoms with Crippen LogP contribution in [0.25, 0.3) is 0 Å². The van der Waals surface area contributed by atoms with Crippen molar-refractivity contribution in [3.63, 3.8) is 0 Å². The average Bonchev–Trinajstić information content (AvgIpc) is 1.56. The predicted octanol–water partition coefficient (Wildman–Crippen LogP) is -0.530. The van der Waals surface area contributed by atoms with Gasteiger partial charge in [-0.2, -0.15) is 0 Å². The van der Waals surface area contributed by atoms with E-state index in [1.54, 1.807) is 0 Å². The van der Waals surface area contributed by atoms with Crippen LogP contribution in [0.1, 0.15) is 13.3 Å². The Labute approximate surface area is 64.1 Å². The highest BCUT2D eigenvalue weighted by atomic mass is 31.1. The van der Waals surface area contributed by atoms with Gasteiger partial charge in [0, 0.05) is 4.57 Å². The van der Waals surface area contributed by atoms with Gasteiger partial charge >= 0.3 is 14.2 Å². The molecule has 0 heterocycles. The first-order valence-corrected chi connectivity index (χ1v) is 3.77. The summed E-state index contributed by atoms with van der Waals surface area (Å²) in [6.07, 6.45) is -0.891. The van der Waals surface area contributed by atoms with Gasteiger partial charge in [-0.15, -0.1) is 9.79 Å². The fourth-order valence-electron chi connectivity index (χ4n) is 0.253. The second-order valence-corrected chi connectivity index (χ2v) is 2.21. The normalized spacial score (nSPS) is 10.9. The molecule has 0 spiro atoms. The number of hydrogen-bond acceptors (Lipinski definition) is 3. The van der Waals surface area contributed by atoms with Crippen molar-refractivity contribution in [3.8, 4) is 0 Å². The number of carboxylic acid groups (broad SMARTS) is 1. The molecule has 1 unspecified atom stereocenters. The second-order valence-electron chi connectivity index (χ2n) is 1.70. The van der Waals surface area contributed by atoms with E-state index in [-0.39, 0.29) is 6.42 Å². The third kappa shape index (κ3) is 44.1. The lowest BCUT2D eigenvalue weighted by atomic mass is 10.3. The minimum atomic E-state index is -2.87. The van der Waals surface area contributed by atoms with Gasteiger partial charge in [0.1, 0.15) is 0 Å². The fraction of sp³-hybridized carbons (Fsp3) is 0.750. The maximum atomic E-state index is 9.65. The van der Waals surface area contributed by atoms with E-state index in [1.807, 2.05) is 0 Å². The molecule has 0 aromatic carbocycles. The maximum Gasteiger partial charge on any atom is 0.692 e. The monoisotopic (exact) mass is 185 g/mol. The van der Waals surface area contributed by atoms with E-state index in [2.05, 4.69) is 0 Å². The van der Waals surface area contributed by atoms with Crippen LogP contribution in [0.15, 0.2) is 0 Å². The second kappa shape index (κ2) is 7.56. The Bertz CT molecular complexity index is 129. The zero-order valence-electron chi connectivity index (χ0n) is 5.84. The van der Waals surface area contributed by atoms with Crippen LogP contribution in [-0.2, 0) is 9.36 Å². The predicted molar refractivity (Wildman–Crippen MR) is 36.0 cm³/mol. The molecule has 0 amide bonds. The van der Waals surface area contributed by atoms with Gasteiger partial charge in [0.15, 0.2) is 0 Å². The first-order chi connectivity index (χ1) is 4.86. The van der Waals surface area contributed by atoms with E-state index in [0.717, 1.165) is 0 Å². The highest BCUT2D eigenvalue weighted by molar-refractivity contribution is 7.30. The number of aliphatic hydroxyl groups excluding tert-OH is 1. The Hall–Kier alpha value is -0.550. The molecule has 0 saturated carbocycles. The molecule has 0 aromatic heterocycles. The summed E-state index contributed by atoms with van der Waals surface area (Å²) in [5.41, 5.74) is 0. The third-order valence-corrected chi connectivity index (χ3v) is 0.470. The lowest BCUT2D eigenvalue weighted by Crippen LogP contribution is -2.07. The summed E-state index contributed by atoms with van der Waals surface area (Å²) in [4.78, 5) is 23.9. The summed E-state index contributed by atoms with van der Waals surface area (Å²) in [6, 6.07) is 0. The van der Waals surface area contributed by atoms with Crippen molar-refractivity contribution in [2.45, 2.75) is 19.4 Å². The molecule has 66 valence electrons. The molecule has 6 nitrogen and oxygen atoms in total. The number of carboxylic acids is 1. The Morgan fingerprint density at radius 2 is 1.82 bits per heavy atom. The zero-order valence-corrected chi connectivity index (χ0v) is 6.73. The van der Waals surface area contributed by atoms with Crippen molar-refractivity contribution < 1.29 is 29.4 Å². The first kappa shape index (κ1) is 13.1. The Morgan fingerprint density at radius 3 is 1.82 bits per heavy atom. The molecular formula is C4H10O6P+. The molecule has 0 rings (SSSR count). The van der Waals surface area contributed by atoms with Crippen LogP contribution in [0.3, 0.4) is 0 Å². The molecule has 11 heavy (non-hydrogen) atoms. The van der Waals surface area contributed by atoms with Gasteiger partial charge in [0.25, 0.3) is 0 Å². The summed E-state index contributed by atoms with van der Waals surface area (Å²) in [5.74, 6) is -0.963. The molecule has 4 N–H and O–H groups in total. The summed E-state index contributed by atoms with van der Waals surface area (Å²) in [7, 11) is -2.87. The maximum absolute atomic E-state index is 9.65. The third-order valence-electron chi connectivity index (χ3n) is 0.470. The Balaban J connectivity index is 0. The summed E-state index contributed by atoms with van der Waals surface area (Å²) < 4.78 is 8.70. The quantitative estimate of drug-likeness (QED) is 0.430. The molecule has 0 bridgehead atoms. The molecule has 0 saturated heterocycles. The topological polar surface area (TPSA) is 115 Å². The van der Waals surface area contributed by atoms with E-state index in [1.165, 1.54) is 6.92 Å². The highest BCUT2D eigenvalue weighted by Crippen LogP contribution is 1.98. The number of rotatable bonds is 2. The van der Waals surface area contributed by atoms with Gasteiger partial charge in [-0.1, -0.05) is 0 Å². The molecule has 0 aliphatic rings. The van der Waals surface area contributed by atoms with Crippen molar-refractivity contribution in [1.82, 2.24) is 0 Å². The van der Waals surface area contributed by atoms with Crippen LogP contribution in [0.5, 0.6) is 0 Å². The van der Waals surface area contributed by atoms with Crippen molar-refractivity contribution in [1.29, 1.82) is 0 Å². The standard InChI is InChI=1S/C4H8O3.HO3P/c1-3(5)2-4(6)7;1-4(2)3/h3,5H,2H2,1H3,(H,6,7);(H-,1,2,3)/p+1. The van der Waals surface area contributed by atoms with E-state index in [4.69, 9.17) is 24.6 Å². The summed E-state index contributed by atoms with van der Waals surface area (Å²) >= 11 is 0. The fourth-order valence-corrected chi connectivity index (χ4v) is 0.253.